The van der Waals surface area contributed by atoms with Gasteiger partial charge in [-0.2, -0.15) is 0 Å². The minimum Gasteiger partial charge on any atom is -0.354 e. The number of aromatic nitrogens is 2. The lowest BCUT2D eigenvalue weighted by Gasteiger charge is -2.57. The molecule has 0 aromatic carbocycles. The number of anilines is 2. The molecule has 0 radical (unpaired) electrons. The highest BCUT2D eigenvalue weighted by Crippen LogP contribution is 2.61. The van der Waals surface area contributed by atoms with Crippen molar-refractivity contribution in [3.63, 3.8) is 0 Å². The molecule has 6 fully saturated rings. The number of likely N-dealkylation sites (N-methyl/N-ethyl adjacent to an activating group) is 1. The van der Waals surface area contributed by atoms with Crippen LogP contribution in [0.2, 0.25) is 0 Å². The molecule has 4 aliphatic carbocycles. The number of amides is 1. The molecule has 4 bridgehead atoms. The number of rotatable bonds is 4. The van der Waals surface area contributed by atoms with Gasteiger partial charge in [0.15, 0.2) is 0 Å². The largest absolute Gasteiger partial charge is 0.354 e. The zero-order chi connectivity index (χ0) is 22.6. The van der Waals surface area contributed by atoms with Crippen molar-refractivity contribution < 1.29 is 4.79 Å². The first-order valence-electron chi connectivity index (χ1n) is 13.3. The molecule has 0 N–H and O–H groups in total. The van der Waals surface area contributed by atoms with Gasteiger partial charge >= 0.3 is 0 Å². The molecule has 7 rings (SSSR count). The highest BCUT2D eigenvalue weighted by Gasteiger charge is 2.51. The quantitative estimate of drug-likeness (QED) is 0.700. The normalized spacial score (nSPS) is 34.2. The Morgan fingerprint density at radius 1 is 0.848 bits per heavy atom. The number of aryl methyl sites for hydroxylation is 1. The van der Waals surface area contributed by atoms with Gasteiger partial charge in [-0.25, -0.2) is 9.97 Å². The van der Waals surface area contributed by atoms with Gasteiger partial charge in [-0.15, -0.1) is 0 Å². The first-order chi connectivity index (χ1) is 15.9. The average Bonchev–Trinajstić information content (AvgIpc) is 2.78. The first-order valence-corrected chi connectivity index (χ1v) is 13.3. The summed E-state index contributed by atoms with van der Waals surface area (Å²) in [6.07, 6.45) is 9.10. The molecule has 180 valence electrons. The second kappa shape index (κ2) is 8.40. The van der Waals surface area contributed by atoms with Crippen molar-refractivity contribution >= 4 is 17.5 Å². The molecule has 3 heterocycles. The van der Waals surface area contributed by atoms with Crippen molar-refractivity contribution in [3.8, 4) is 0 Å². The Balaban J connectivity index is 1.07. The van der Waals surface area contributed by atoms with Crippen LogP contribution >= 0.6 is 0 Å². The molecular weight excluding hydrogens is 412 g/mol. The van der Waals surface area contributed by atoms with Gasteiger partial charge in [0.05, 0.1) is 0 Å². The molecule has 7 heteroatoms. The highest BCUT2D eigenvalue weighted by molar-refractivity contribution is 5.77. The van der Waals surface area contributed by atoms with Crippen molar-refractivity contribution in [3.05, 3.63) is 11.9 Å². The van der Waals surface area contributed by atoms with Crippen LogP contribution in [0.4, 0.5) is 11.6 Å². The third-order valence-corrected chi connectivity index (χ3v) is 9.29. The SMILES string of the molecule is Cc1nc(N2CCN(C)CC2)cc(N2CCN(C(=O)CC34CC5CC(CC(C5)C3)C4)CC2)n1. The molecule has 7 nitrogen and oxygen atoms in total. The van der Waals surface area contributed by atoms with Crippen LogP contribution in [0.1, 0.15) is 50.8 Å². The van der Waals surface area contributed by atoms with Gasteiger partial charge in [-0.3, -0.25) is 4.79 Å². The van der Waals surface area contributed by atoms with E-state index in [1.807, 2.05) is 6.92 Å². The van der Waals surface area contributed by atoms with Crippen molar-refractivity contribution in [2.45, 2.75) is 51.9 Å². The van der Waals surface area contributed by atoms with E-state index in [9.17, 15) is 4.79 Å². The van der Waals surface area contributed by atoms with E-state index in [-0.39, 0.29) is 0 Å². The van der Waals surface area contributed by atoms with E-state index in [0.29, 0.717) is 11.3 Å². The average molecular weight is 453 g/mol. The molecule has 4 saturated carbocycles. The van der Waals surface area contributed by atoms with E-state index >= 15 is 0 Å². The van der Waals surface area contributed by atoms with Crippen molar-refractivity contribution in [1.29, 1.82) is 0 Å². The van der Waals surface area contributed by atoms with Gasteiger partial charge < -0.3 is 19.6 Å². The van der Waals surface area contributed by atoms with Crippen LogP contribution in [0.25, 0.3) is 0 Å². The summed E-state index contributed by atoms with van der Waals surface area (Å²) >= 11 is 0. The predicted octanol–water partition coefficient (Wildman–Crippen LogP) is 2.79. The van der Waals surface area contributed by atoms with Crippen molar-refractivity contribution in [2.75, 3.05) is 69.2 Å². The summed E-state index contributed by atoms with van der Waals surface area (Å²) in [5.74, 6) is 6.05. The maximum atomic E-state index is 13.3. The van der Waals surface area contributed by atoms with Gasteiger partial charge in [0, 0.05) is 64.8 Å². The lowest BCUT2D eigenvalue weighted by atomic mass is 9.49. The number of piperazine rings is 2. The Labute approximate surface area is 198 Å². The third-order valence-electron chi connectivity index (χ3n) is 9.29. The maximum absolute atomic E-state index is 13.3. The maximum Gasteiger partial charge on any atom is 0.223 e. The van der Waals surface area contributed by atoms with Crippen LogP contribution in [-0.4, -0.2) is 85.1 Å². The summed E-state index contributed by atoms with van der Waals surface area (Å²) in [6, 6.07) is 2.16. The molecule has 2 aliphatic heterocycles. The molecule has 1 amide bonds. The zero-order valence-corrected chi connectivity index (χ0v) is 20.5. The van der Waals surface area contributed by atoms with Gasteiger partial charge in [-0.1, -0.05) is 0 Å². The van der Waals surface area contributed by atoms with Crippen LogP contribution in [0.3, 0.4) is 0 Å². The van der Waals surface area contributed by atoms with E-state index in [1.54, 1.807) is 0 Å². The summed E-state index contributed by atoms with van der Waals surface area (Å²) in [5, 5.41) is 0. The molecule has 1 aromatic rings. The zero-order valence-electron chi connectivity index (χ0n) is 20.5. The lowest BCUT2D eigenvalue weighted by molar-refractivity contribution is -0.139. The fraction of sp³-hybridized carbons (Fsp3) is 0.808. The fourth-order valence-electron chi connectivity index (χ4n) is 8.02. The van der Waals surface area contributed by atoms with Crippen LogP contribution < -0.4 is 9.80 Å². The van der Waals surface area contributed by atoms with Gasteiger partial charge in [0.1, 0.15) is 17.5 Å². The van der Waals surface area contributed by atoms with E-state index < -0.39 is 0 Å². The Morgan fingerprint density at radius 3 is 1.85 bits per heavy atom. The first kappa shape index (κ1) is 21.6. The van der Waals surface area contributed by atoms with Crippen LogP contribution in [0.15, 0.2) is 6.07 Å². The molecule has 0 atom stereocenters. The van der Waals surface area contributed by atoms with Crippen molar-refractivity contribution in [2.24, 2.45) is 23.2 Å². The highest BCUT2D eigenvalue weighted by atomic mass is 16.2. The lowest BCUT2D eigenvalue weighted by Crippen LogP contribution is -2.52. The van der Waals surface area contributed by atoms with E-state index in [4.69, 9.17) is 9.97 Å². The number of hydrogen-bond acceptors (Lipinski definition) is 6. The van der Waals surface area contributed by atoms with E-state index in [1.165, 1.54) is 38.5 Å². The monoisotopic (exact) mass is 452 g/mol. The van der Waals surface area contributed by atoms with Gasteiger partial charge in [0.2, 0.25) is 5.91 Å². The van der Waals surface area contributed by atoms with Crippen LogP contribution in [0.5, 0.6) is 0 Å². The number of carbonyl (C=O) groups is 1. The molecule has 0 unspecified atom stereocenters. The standard InChI is InChI=1S/C26H40N6O/c1-19-27-23(30-5-3-29(2)4-6-30)14-24(28-19)31-7-9-32(10-8-31)25(33)18-26-15-20-11-21(16-26)13-22(12-20)17-26/h14,20-22H,3-13,15-18H2,1-2H3. The summed E-state index contributed by atoms with van der Waals surface area (Å²) in [5.41, 5.74) is 0.337. The topological polar surface area (TPSA) is 55.8 Å². The Hall–Kier alpha value is -1.89. The third kappa shape index (κ3) is 4.33. The van der Waals surface area contributed by atoms with E-state index in [0.717, 1.165) is 94.0 Å². The van der Waals surface area contributed by atoms with Crippen LogP contribution in [-0.2, 0) is 4.79 Å². The van der Waals surface area contributed by atoms with Crippen LogP contribution in [0, 0.1) is 30.1 Å². The summed E-state index contributed by atoms with van der Waals surface area (Å²) in [6.45, 7) is 9.53. The number of nitrogens with zero attached hydrogens (tertiary/aromatic N) is 6. The molecular formula is C26H40N6O. The Morgan fingerprint density at radius 2 is 1.33 bits per heavy atom. The van der Waals surface area contributed by atoms with Gasteiger partial charge in [-0.05, 0) is 75.7 Å². The molecule has 2 saturated heterocycles. The second-order valence-electron chi connectivity index (χ2n) is 11.9. The second-order valence-corrected chi connectivity index (χ2v) is 11.9. The Kier molecular flexibility index (Phi) is 5.51. The fourth-order valence-corrected chi connectivity index (χ4v) is 8.02. The molecule has 0 spiro atoms. The van der Waals surface area contributed by atoms with Gasteiger partial charge in [0.25, 0.3) is 0 Å². The summed E-state index contributed by atoms with van der Waals surface area (Å²) in [7, 11) is 2.18. The summed E-state index contributed by atoms with van der Waals surface area (Å²) < 4.78 is 0. The molecule has 1 aromatic heterocycles. The van der Waals surface area contributed by atoms with E-state index in [2.05, 4.69) is 32.7 Å². The smallest absolute Gasteiger partial charge is 0.223 e. The Bertz CT molecular complexity index is 851. The number of carbonyl (C=O) groups excluding carboxylic acids is 1. The number of hydrogen-bond donors (Lipinski definition) is 0. The minimum atomic E-state index is 0.337. The predicted molar refractivity (Wildman–Crippen MR) is 130 cm³/mol. The summed E-state index contributed by atoms with van der Waals surface area (Å²) in [4.78, 5) is 32.1. The molecule has 33 heavy (non-hydrogen) atoms. The molecule has 6 aliphatic rings. The minimum absolute atomic E-state index is 0.337. The van der Waals surface area contributed by atoms with Crippen molar-refractivity contribution in [1.82, 2.24) is 19.8 Å².